The van der Waals surface area contributed by atoms with Crippen LogP contribution < -0.4 is 4.74 Å². The van der Waals surface area contributed by atoms with Crippen LogP contribution in [0.1, 0.15) is 30.7 Å². The number of allylic oxidation sites excluding steroid dienone is 2. The van der Waals surface area contributed by atoms with E-state index in [0.717, 1.165) is 9.80 Å². The highest BCUT2D eigenvalue weighted by Crippen LogP contribution is 2.66. The first kappa shape index (κ1) is 25.5. The van der Waals surface area contributed by atoms with Gasteiger partial charge < -0.3 is 14.9 Å². The monoisotopic (exact) mass is 550 g/mol. The summed E-state index contributed by atoms with van der Waals surface area (Å²) in [6, 6.07) is 4.28. The van der Waals surface area contributed by atoms with Crippen LogP contribution in [0.3, 0.4) is 0 Å². The molecule has 4 amide bonds. The van der Waals surface area contributed by atoms with E-state index in [0.29, 0.717) is 11.1 Å². The van der Waals surface area contributed by atoms with Gasteiger partial charge in [0.1, 0.15) is 11.5 Å². The summed E-state index contributed by atoms with van der Waals surface area (Å²) in [5.41, 5.74) is 0.972. The molecule has 0 bridgehead atoms. The molecule has 2 aliphatic carbocycles. The molecule has 2 N–H and O–H groups in total. The van der Waals surface area contributed by atoms with Crippen molar-refractivity contribution in [1.82, 2.24) is 9.80 Å². The topological polar surface area (TPSA) is 142 Å². The summed E-state index contributed by atoms with van der Waals surface area (Å²) in [6.07, 6.45) is 1.38. The van der Waals surface area contributed by atoms with Crippen molar-refractivity contribution in [3.05, 3.63) is 35.4 Å². The number of carbonyl (C=O) groups excluding carboxylic acids is 4. The van der Waals surface area contributed by atoms with Gasteiger partial charge in [-0.3, -0.25) is 33.8 Å². The number of hydrogen-bond donors (Lipinski definition) is 2. The predicted octanol–water partition coefficient (Wildman–Crippen LogP) is 1.86. The van der Waals surface area contributed by atoms with Gasteiger partial charge >= 0.3 is 5.97 Å². The fourth-order valence-corrected chi connectivity index (χ4v) is 7.53. The molecule has 2 saturated heterocycles. The molecule has 5 rings (SSSR count). The highest BCUT2D eigenvalue weighted by atomic mass is 35.5. The van der Waals surface area contributed by atoms with Gasteiger partial charge in [-0.2, -0.15) is 0 Å². The molecule has 37 heavy (non-hydrogen) atoms. The summed E-state index contributed by atoms with van der Waals surface area (Å²) in [7, 11) is 2.67. The van der Waals surface area contributed by atoms with Gasteiger partial charge in [0.15, 0.2) is 9.75 Å². The van der Waals surface area contributed by atoms with E-state index in [4.69, 9.17) is 33.0 Å². The van der Waals surface area contributed by atoms with Crippen LogP contribution >= 0.6 is 23.2 Å². The zero-order valence-electron chi connectivity index (χ0n) is 19.9. The quantitative estimate of drug-likeness (QED) is 0.321. The maximum absolute atomic E-state index is 13.5. The number of alkyl halides is 2. The minimum atomic E-state index is -1.96. The Bertz CT molecular complexity index is 1300. The molecule has 6 atom stereocenters. The molecule has 2 heterocycles. The first-order valence-corrected chi connectivity index (χ1v) is 12.5. The Balaban J connectivity index is 1.68. The Hall–Kier alpha value is -3.11. The second-order valence-electron chi connectivity index (χ2n) is 9.90. The van der Waals surface area contributed by atoms with Crippen LogP contribution in [0, 0.1) is 17.8 Å². The predicted molar refractivity (Wildman–Crippen MR) is 129 cm³/mol. The van der Waals surface area contributed by atoms with E-state index in [1.807, 2.05) is 0 Å². The Labute approximate surface area is 221 Å². The highest BCUT2D eigenvalue weighted by Gasteiger charge is 2.76. The first-order chi connectivity index (χ1) is 17.4. The summed E-state index contributed by atoms with van der Waals surface area (Å²) in [5.74, 6) is -6.81. The lowest BCUT2D eigenvalue weighted by Crippen LogP contribution is -2.60. The zero-order chi connectivity index (χ0) is 27.0. The number of carboxylic acid groups (broad SMARTS) is 1. The number of aromatic hydroxyl groups is 1. The number of ether oxygens (including phenoxy) is 1. The SMILES string of the molecule is COc1cc(O)ccc1C1C2=CCC3C(=O)N(CCC(=O)O)C(=O)C3C2CC2(Cl)C(=O)N(C)C(=O)C12Cl. The molecule has 196 valence electrons. The lowest BCUT2D eigenvalue weighted by molar-refractivity contribution is -0.143. The van der Waals surface area contributed by atoms with Gasteiger partial charge in [-0.05, 0) is 24.8 Å². The Morgan fingerprint density at radius 3 is 2.49 bits per heavy atom. The van der Waals surface area contributed by atoms with Crippen molar-refractivity contribution < 1.29 is 38.9 Å². The molecule has 0 aromatic heterocycles. The number of halogens is 2. The molecule has 3 fully saturated rings. The number of aliphatic carboxylic acids is 1. The van der Waals surface area contributed by atoms with E-state index in [1.54, 1.807) is 6.08 Å². The van der Waals surface area contributed by atoms with E-state index in [9.17, 15) is 29.1 Å². The van der Waals surface area contributed by atoms with Gasteiger partial charge in [0.05, 0.1) is 25.4 Å². The Morgan fingerprint density at radius 1 is 1.14 bits per heavy atom. The molecule has 12 heteroatoms. The first-order valence-electron chi connectivity index (χ1n) is 11.7. The molecule has 10 nitrogen and oxygen atoms in total. The lowest BCUT2D eigenvalue weighted by Gasteiger charge is -2.51. The average Bonchev–Trinajstić information content (AvgIpc) is 3.17. The molecule has 1 aromatic carbocycles. The molecule has 0 spiro atoms. The van der Waals surface area contributed by atoms with Crippen molar-refractivity contribution in [3.8, 4) is 11.5 Å². The van der Waals surface area contributed by atoms with E-state index >= 15 is 0 Å². The molecule has 0 radical (unpaired) electrons. The molecular formula is C25H24Cl2N2O8. The number of phenols is 1. The van der Waals surface area contributed by atoms with Crippen LogP contribution in [0.25, 0.3) is 0 Å². The molecular weight excluding hydrogens is 527 g/mol. The number of fused-ring (bicyclic) bond motifs is 4. The second kappa shape index (κ2) is 8.46. The molecule has 1 saturated carbocycles. The van der Waals surface area contributed by atoms with E-state index in [2.05, 4.69) is 0 Å². The van der Waals surface area contributed by atoms with Crippen LogP contribution in [0.15, 0.2) is 29.8 Å². The molecule has 4 aliphatic rings. The number of carboxylic acids is 1. The fourth-order valence-electron chi connectivity index (χ4n) is 6.52. The fraction of sp³-hybridized carbons (Fsp3) is 0.480. The van der Waals surface area contributed by atoms with E-state index in [1.165, 1.54) is 32.4 Å². The van der Waals surface area contributed by atoms with Crippen molar-refractivity contribution in [2.24, 2.45) is 17.8 Å². The standard InChI is InChI=1S/C25H24Cl2N2O8/c1-28-22(35)24(26)10-15-12(5-6-14-18(15)21(34)29(20(14)33)8-7-17(31)32)19(25(24,27)23(28)36)13-4-3-11(30)9-16(13)37-2/h3-5,9,14-15,18-19,30H,6-8,10H2,1-2H3,(H,31,32). The third-order valence-electron chi connectivity index (χ3n) is 8.18. The summed E-state index contributed by atoms with van der Waals surface area (Å²) in [6.45, 7) is -0.261. The minimum absolute atomic E-state index is 0.0945. The van der Waals surface area contributed by atoms with Gasteiger partial charge in [0.25, 0.3) is 11.8 Å². The van der Waals surface area contributed by atoms with Crippen LogP contribution in [0.5, 0.6) is 11.5 Å². The largest absolute Gasteiger partial charge is 0.508 e. The number of hydrogen-bond acceptors (Lipinski definition) is 7. The van der Waals surface area contributed by atoms with Crippen LogP contribution in [0.4, 0.5) is 0 Å². The van der Waals surface area contributed by atoms with Gasteiger partial charge in [-0.1, -0.05) is 17.7 Å². The summed E-state index contributed by atoms with van der Waals surface area (Å²) in [4.78, 5) is 62.6. The molecule has 1 aromatic rings. The molecule has 6 unspecified atom stereocenters. The van der Waals surface area contributed by atoms with Crippen molar-refractivity contribution in [3.63, 3.8) is 0 Å². The number of methoxy groups -OCH3 is 1. The smallest absolute Gasteiger partial charge is 0.305 e. The number of benzene rings is 1. The number of imide groups is 2. The van der Waals surface area contributed by atoms with Gasteiger partial charge in [0, 0.05) is 31.1 Å². The van der Waals surface area contributed by atoms with E-state index < -0.39 is 69.4 Å². The normalized spacial score (nSPS) is 34.8. The van der Waals surface area contributed by atoms with Gasteiger partial charge in [-0.25, -0.2) is 0 Å². The van der Waals surface area contributed by atoms with Crippen molar-refractivity contribution in [2.75, 3.05) is 20.7 Å². The van der Waals surface area contributed by atoms with Crippen LogP contribution in [-0.2, 0) is 24.0 Å². The minimum Gasteiger partial charge on any atom is -0.508 e. The maximum atomic E-state index is 13.5. The van der Waals surface area contributed by atoms with Crippen LogP contribution in [0.2, 0.25) is 0 Å². The second-order valence-corrected chi connectivity index (χ2v) is 11.1. The number of rotatable bonds is 5. The van der Waals surface area contributed by atoms with Gasteiger partial charge in [-0.15, -0.1) is 23.2 Å². The third-order valence-corrected chi connectivity index (χ3v) is 9.60. The van der Waals surface area contributed by atoms with E-state index in [-0.39, 0.29) is 30.9 Å². The van der Waals surface area contributed by atoms with Crippen molar-refractivity contribution >= 4 is 52.8 Å². The average molecular weight is 551 g/mol. The number of phenolic OH excluding ortho intramolecular Hbond substituents is 1. The third kappa shape index (κ3) is 3.28. The lowest BCUT2D eigenvalue weighted by atomic mass is 9.56. The number of amides is 4. The van der Waals surface area contributed by atoms with Gasteiger partial charge in [0.2, 0.25) is 11.8 Å². The number of carbonyl (C=O) groups is 5. The highest BCUT2D eigenvalue weighted by molar-refractivity contribution is 6.53. The summed E-state index contributed by atoms with van der Waals surface area (Å²) >= 11 is 14.1. The zero-order valence-corrected chi connectivity index (χ0v) is 21.5. The summed E-state index contributed by atoms with van der Waals surface area (Å²) in [5, 5.41) is 19.1. The van der Waals surface area contributed by atoms with Crippen molar-refractivity contribution in [2.45, 2.75) is 34.9 Å². The van der Waals surface area contributed by atoms with Crippen LogP contribution in [-0.4, -0.2) is 80.1 Å². The summed E-state index contributed by atoms with van der Waals surface area (Å²) < 4.78 is 5.49. The van der Waals surface area contributed by atoms with Crippen molar-refractivity contribution in [1.29, 1.82) is 0 Å². The molecule has 2 aliphatic heterocycles. The maximum Gasteiger partial charge on any atom is 0.305 e. The Kier molecular flexibility index (Phi) is 5.84. The number of nitrogens with zero attached hydrogens (tertiary/aromatic N) is 2. The number of likely N-dealkylation sites (tertiary alicyclic amines) is 2. The Morgan fingerprint density at radius 2 is 1.84 bits per heavy atom.